The van der Waals surface area contributed by atoms with Gasteiger partial charge in [-0.25, -0.2) is 4.89 Å². The van der Waals surface area contributed by atoms with Crippen LogP contribution in [0.3, 0.4) is 0 Å². The SMILES string of the molecule is OOCCCC1(O)CCO1. The third-order valence-electron chi connectivity index (χ3n) is 1.67. The van der Waals surface area contributed by atoms with Crippen molar-refractivity contribution in [1.29, 1.82) is 0 Å². The Morgan fingerprint density at radius 3 is 2.70 bits per heavy atom. The van der Waals surface area contributed by atoms with E-state index in [9.17, 15) is 5.11 Å². The Balaban J connectivity index is 2.01. The van der Waals surface area contributed by atoms with E-state index in [1.54, 1.807) is 0 Å². The van der Waals surface area contributed by atoms with Gasteiger partial charge >= 0.3 is 0 Å². The molecular formula is C6H12O4. The topological polar surface area (TPSA) is 58.9 Å². The van der Waals surface area contributed by atoms with E-state index in [1.165, 1.54) is 0 Å². The van der Waals surface area contributed by atoms with Crippen molar-refractivity contribution in [3.8, 4) is 0 Å². The fraction of sp³-hybridized carbons (Fsp3) is 1.00. The van der Waals surface area contributed by atoms with Gasteiger partial charge < -0.3 is 9.84 Å². The highest BCUT2D eigenvalue weighted by Gasteiger charge is 2.34. The Labute approximate surface area is 59.3 Å². The number of rotatable bonds is 4. The van der Waals surface area contributed by atoms with Crippen molar-refractivity contribution in [1.82, 2.24) is 0 Å². The van der Waals surface area contributed by atoms with Crippen LogP contribution in [-0.4, -0.2) is 29.4 Å². The van der Waals surface area contributed by atoms with Crippen molar-refractivity contribution in [3.63, 3.8) is 0 Å². The zero-order chi connectivity index (χ0) is 7.45. The molecule has 4 heteroatoms. The van der Waals surface area contributed by atoms with Gasteiger partial charge in [-0.15, -0.1) is 0 Å². The second kappa shape index (κ2) is 3.30. The molecule has 60 valence electrons. The van der Waals surface area contributed by atoms with E-state index in [0.717, 1.165) is 0 Å². The summed E-state index contributed by atoms with van der Waals surface area (Å²) in [6.45, 7) is 0.891. The summed E-state index contributed by atoms with van der Waals surface area (Å²) in [5.74, 6) is -0.918. The summed E-state index contributed by atoms with van der Waals surface area (Å²) in [5.41, 5.74) is 0. The Kier molecular flexibility index (Phi) is 2.62. The Hall–Kier alpha value is -0.160. The van der Waals surface area contributed by atoms with E-state index >= 15 is 0 Å². The lowest BCUT2D eigenvalue weighted by atomic mass is 10.0. The van der Waals surface area contributed by atoms with E-state index in [4.69, 9.17) is 9.99 Å². The van der Waals surface area contributed by atoms with Crippen molar-refractivity contribution in [2.75, 3.05) is 13.2 Å². The van der Waals surface area contributed by atoms with Crippen LogP contribution in [0.25, 0.3) is 0 Å². The molecule has 0 radical (unpaired) electrons. The summed E-state index contributed by atoms with van der Waals surface area (Å²) in [4.78, 5) is 3.84. The van der Waals surface area contributed by atoms with Crippen LogP contribution in [-0.2, 0) is 9.62 Å². The maximum atomic E-state index is 9.28. The van der Waals surface area contributed by atoms with Gasteiger partial charge in [0, 0.05) is 12.8 Å². The predicted molar refractivity (Wildman–Crippen MR) is 33.3 cm³/mol. The molecule has 0 aliphatic carbocycles. The first-order valence-electron chi connectivity index (χ1n) is 3.39. The van der Waals surface area contributed by atoms with Crippen LogP contribution in [0.4, 0.5) is 0 Å². The highest BCUT2D eigenvalue weighted by Crippen LogP contribution is 2.27. The highest BCUT2D eigenvalue weighted by molar-refractivity contribution is 4.74. The van der Waals surface area contributed by atoms with Gasteiger partial charge in [-0.1, -0.05) is 0 Å². The Morgan fingerprint density at radius 1 is 1.60 bits per heavy atom. The van der Waals surface area contributed by atoms with Crippen molar-refractivity contribution in [3.05, 3.63) is 0 Å². The molecule has 1 fully saturated rings. The molecule has 10 heavy (non-hydrogen) atoms. The monoisotopic (exact) mass is 148 g/mol. The molecule has 0 bridgehead atoms. The first-order valence-corrected chi connectivity index (χ1v) is 3.39. The molecule has 0 aromatic rings. The van der Waals surface area contributed by atoms with Crippen molar-refractivity contribution in [2.24, 2.45) is 0 Å². The number of ether oxygens (including phenoxy) is 1. The zero-order valence-electron chi connectivity index (χ0n) is 5.75. The lowest BCUT2D eigenvalue weighted by Gasteiger charge is -2.36. The Morgan fingerprint density at radius 2 is 2.30 bits per heavy atom. The standard InChI is InChI=1S/C6H12O4/c7-6(3-5-9-6)2-1-4-10-8/h7-8H,1-5H2. The van der Waals surface area contributed by atoms with Gasteiger partial charge in [-0.2, -0.15) is 0 Å². The molecule has 1 unspecified atom stereocenters. The number of hydrogen-bond donors (Lipinski definition) is 2. The average Bonchev–Trinajstić information content (AvgIpc) is 1.85. The third kappa shape index (κ3) is 1.91. The molecule has 1 aliphatic heterocycles. The van der Waals surface area contributed by atoms with Crippen molar-refractivity contribution < 1.29 is 20.0 Å². The minimum atomic E-state index is -0.918. The molecule has 1 rings (SSSR count). The summed E-state index contributed by atoms with van der Waals surface area (Å²) in [6, 6.07) is 0. The third-order valence-corrected chi connectivity index (χ3v) is 1.67. The normalized spacial score (nSPS) is 31.8. The second-order valence-electron chi connectivity index (χ2n) is 2.48. The van der Waals surface area contributed by atoms with Gasteiger partial charge in [-0.05, 0) is 6.42 Å². The van der Waals surface area contributed by atoms with Crippen LogP contribution in [0, 0.1) is 0 Å². The largest absolute Gasteiger partial charge is 0.365 e. The highest BCUT2D eigenvalue weighted by atomic mass is 17.1. The molecule has 0 amide bonds. The van der Waals surface area contributed by atoms with Crippen LogP contribution in [0.2, 0.25) is 0 Å². The zero-order valence-corrected chi connectivity index (χ0v) is 5.75. The quantitative estimate of drug-likeness (QED) is 0.343. The van der Waals surface area contributed by atoms with E-state index in [2.05, 4.69) is 4.89 Å². The predicted octanol–water partition coefficient (Wildman–Crippen LogP) is 0.365. The van der Waals surface area contributed by atoms with Crippen LogP contribution in [0.1, 0.15) is 19.3 Å². The molecule has 1 atom stereocenters. The molecular weight excluding hydrogens is 136 g/mol. The maximum absolute atomic E-state index is 9.28. The maximum Gasteiger partial charge on any atom is 0.167 e. The fourth-order valence-corrected chi connectivity index (χ4v) is 0.948. The van der Waals surface area contributed by atoms with Gasteiger partial charge in [0.05, 0.1) is 13.2 Å². The van der Waals surface area contributed by atoms with Gasteiger partial charge in [0.2, 0.25) is 0 Å². The van der Waals surface area contributed by atoms with Gasteiger partial charge in [0.25, 0.3) is 0 Å². The van der Waals surface area contributed by atoms with Crippen molar-refractivity contribution >= 4 is 0 Å². The average molecular weight is 148 g/mol. The van der Waals surface area contributed by atoms with E-state index in [1.807, 2.05) is 0 Å². The lowest BCUT2D eigenvalue weighted by molar-refractivity contribution is -0.292. The fourth-order valence-electron chi connectivity index (χ4n) is 0.948. The second-order valence-corrected chi connectivity index (χ2v) is 2.48. The molecule has 1 heterocycles. The summed E-state index contributed by atoms with van der Waals surface area (Å²) >= 11 is 0. The van der Waals surface area contributed by atoms with Gasteiger partial charge in [0.15, 0.2) is 5.79 Å². The van der Waals surface area contributed by atoms with Crippen LogP contribution >= 0.6 is 0 Å². The van der Waals surface area contributed by atoms with Crippen molar-refractivity contribution in [2.45, 2.75) is 25.0 Å². The molecule has 0 spiro atoms. The van der Waals surface area contributed by atoms with Crippen LogP contribution < -0.4 is 0 Å². The first-order chi connectivity index (χ1) is 4.77. The molecule has 4 nitrogen and oxygen atoms in total. The molecule has 0 saturated carbocycles. The van der Waals surface area contributed by atoms with Gasteiger partial charge in [0.1, 0.15) is 0 Å². The van der Waals surface area contributed by atoms with E-state index < -0.39 is 5.79 Å². The minimum Gasteiger partial charge on any atom is -0.365 e. The molecule has 0 aromatic carbocycles. The van der Waals surface area contributed by atoms with E-state index in [-0.39, 0.29) is 6.61 Å². The minimum absolute atomic E-state index is 0.256. The Bertz CT molecular complexity index is 99.9. The molecule has 2 N–H and O–H groups in total. The summed E-state index contributed by atoms with van der Waals surface area (Å²) < 4.78 is 4.88. The van der Waals surface area contributed by atoms with Gasteiger partial charge in [-0.3, -0.25) is 5.26 Å². The smallest absolute Gasteiger partial charge is 0.167 e. The lowest BCUT2D eigenvalue weighted by Crippen LogP contribution is -2.43. The van der Waals surface area contributed by atoms with E-state index in [0.29, 0.717) is 25.9 Å². The summed E-state index contributed by atoms with van der Waals surface area (Å²) in [5, 5.41) is 17.2. The van der Waals surface area contributed by atoms with Crippen LogP contribution in [0.5, 0.6) is 0 Å². The molecule has 0 aromatic heterocycles. The first kappa shape index (κ1) is 7.94. The number of hydrogen-bond acceptors (Lipinski definition) is 4. The number of aliphatic hydroxyl groups is 1. The van der Waals surface area contributed by atoms with Crippen LogP contribution in [0.15, 0.2) is 0 Å². The molecule has 1 aliphatic rings. The summed E-state index contributed by atoms with van der Waals surface area (Å²) in [6.07, 6.45) is 1.85. The molecule has 1 saturated heterocycles. The summed E-state index contributed by atoms with van der Waals surface area (Å²) in [7, 11) is 0.